The van der Waals surface area contributed by atoms with Gasteiger partial charge in [0.05, 0.1) is 12.2 Å². The zero-order valence-corrected chi connectivity index (χ0v) is 15.7. The summed E-state index contributed by atoms with van der Waals surface area (Å²) in [6.45, 7) is 2.83. The largest absolute Gasteiger partial charge is 0.462 e. The van der Waals surface area contributed by atoms with Crippen LogP contribution in [-0.2, 0) is 11.2 Å². The van der Waals surface area contributed by atoms with Crippen LogP contribution in [-0.4, -0.2) is 29.1 Å². The van der Waals surface area contributed by atoms with Crippen molar-refractivity contribution in [3.63, 3.8) is 0 Å². The number of nitrogens with zero attached hydrogens (tertiary/aromatic N) is 2. The number of benzene rings is 2. The molecule has 7 heteroatoms. The van der Waals surface area contributed by atoms with Crippen molar-refractivity contribution in [3.8, 4) is 0 Å². The molecule has 0 amide bonds. The topological polar surface area (TPSA) is 102 Å². The van der Waals surface area contributed by atoms with Crippen LogP contribution in [0.2, 0.25) is 0 Å². The monoisotopic (exact) mass is 377 g/mol. The molecule has 3 rings (SSSR count). The molecular weight excluding hydrogens is 354 g/mol. The lowest BCUT2D eigenvalue weighted by Gasteiger charge is -2.13. The van der Waals surface area contributed by atoms with E-state index < -0.39 is 0 Å². The fraction of sp³-hybridized carbons (Fsp3) is 0.190. The number of ether oxygens (including phenoxy) is 1. The molecule has 0 saturated heterocycles. The summed E-state index contributed by atoms with van der Waals surface area (Å²) in [5.74, 6) is 0.734. The minimum absolute atomic E-state index is 0.344. The van der Waals surface area contributed by atoms with Crippen molar-refractivity contribution >= 4 is 29.0 Å². The first kappa shape index (κ1) is 19.2. The minimum atomic E-state index is -0.347. The Morgan fingerprint density at radius 2 is 1.75 bits per heavy atom. The van der Waals surface area contributed by atoms with Crippen molar-refractivity contribution in [1.82, 2.24) is 9.97 Å². The molecule has 7 nitrogen and oxygen atoms in total. The fourth-order valence-corrected chi connectivity index (χ4v) is 2.65. The zero-order chi connectivity index (χ0) is 19.8. The van der Waals surface area contributed by atoms with Crippen LogP contribution in [0.1, 0.15) is 22.8 Å². The Bertz CT molecular complexity index is 914. The Hall–Kier alpha value is -3.61. The van der Waals surface area contributed by atoms with Crippen LogP contribution in [0.15, 0.2) is 60.9 Å². The molecule has 0 aliphatic rings. The first-order valence-corrected chi connectivity index (χ1v) is 9.10. The maximum absolute atomic E-state index is 11.7. The van der Waals surface area contributed by atoms with Gasteiger partial charge in [0.2, 0.25) is 0 Å². The molecule has 0 spiro atoms. The van der Waals surface area contributed by atoms with Gasteiger partial charge in [-0.1, -0.05) is 30.3 Å². The molecule has 144 valence electrons. The van der Waals surface area contributed by atoms with E-state index in [1.54, 1.807) is 31.2 Å². The van der Waals surface area contributed by atoms with Gasteiger partial charge in [-0.25, -0.2) is 14.8 Å². The third-order valence-electron chi connectivity index (χ3n) is 4.09. The lowest BCUT2D eigenvalue weighted by Crippen LogP contribution is -2.10. The number of carbonyl (C=O) groups excluding carboxylic acids is 1. The number of hydrogen-bond donors (Lipinski definition) is 3. The van der Waals surface area contributed by atoms with Gasteiger partial charge in [0.15, 0.2) is 11.6 Å². The van der Waals surface area contributed by atoms with Gasteiger partial charge in [-0.05, 0) is 43.2 Å². The van der Waals surface area contributed by atoms with Crippen LogP contribution in [0.3, 0.4) is 0 Å². The molecule has 0 saturated carbocycles. The van der Waals surface area contributed by atoms with E-state index in [9.17, 15) is 4.79 Å². The highest BCUT2D eigenvalue weighted by Gasteiger charge is 2.10. The van der Waals surface area contributed by atoms with Gasteiger partial charge >= 0.3 is 5.97 Å². The van der Waals surface area contributed by atoms with Gasteiger partial charge in [-0.15, -0.1) is 0 Å². The minimum Gasteiger partial charge on any atom is -0.462 e. The smallest absolute Gasteiger partial charge is 0.338 e. The number of nitrogens with two attached hydrogens (primary N) is 1. The first-order chi connectivity index (χ1) is 13.7. The molecule has 0 unspecified atom stereocenters. The van der Waals surface area contributed by atoms with Crippen LogP contribution in [0.5, 0.6) is 0 Å². The van der Waals surface area contributed by atoms with E-state index >= 15 is 0 Å². The van der Waals surface area contributed by atoms with Crippen molar-refractivity contribution in [3.05, 3.63) is 72.1 Å². The van der Waals surface area contributed by atoms with Gasteiger partial charge in [-0.2, -0.15) is 0 Å². The Morgan fingerprint density at radius 3 is 2.46 bits per heavy atom. The van der Waals surface area contributed by atoms with Crippen molar-refractivity contribution < 1.29 is 9.53 Å². The number of hydrogen-bond acceptors (Lipinski definition) is 7. The van der Waals surface area contributed by atoms with Gasteiger partial charge in [-0.3, -0.25) is 0 Å². The summed E-state index contributed by atoms with van der Waals surface area (Å²) in [5, 5.41) is 6.40. The number of aromatic nitrogens is 2. The second-order valence-corrected chi connectivity index (χ2v) is 6.07. The van der Waals surface area contributed by atoms with E-state index in [0.717, 1.165) is 12.1 Å². The molecule has 0 bridgehead atoms. The van der Waals surface area contributed by atoms with Crippen molar-refractivity contribution in [2.24, 2.45) is 0 Å². The highest BCUT2D eigenvalue weighted by Crippen LogP contribution is 2.26. The lowest BCUT2D eigenvalue weighted by molar-refractivity contribution is 0.0526. The molecule has 1 heterocycles. The molecule has 3 aromatic rings. The van der Waals surface area contributed by atoms with Crippen LogP contribution in [0, 0.1) is 0 Å². The Labute approximate surface area is 164 Å². The highest BCUT2D eigenvalue weighted by molar-refractivity contribution is 5.90. The van der Waals surface area contributed by atoms with Crippen LogP contribution in [0.4, 0.5) is 23.0 Å². The SMILES string of the molecule is CCOC(=O)c1ccc(Nc2ncnc(NCCc3ccccc3)c2N)cc1. The average Bonchev–Trinajstić information content (AvgIpc) is 2.72. The number of carbonyl (C=O) groups is 1. The fourth-order valence-electron chi connectivity index (χ4n) is 2.65. The maximum Gasteiger partial charge on any atom is 0.338 e. The van der Waals surface area contributed by atoms with E-state index in [0.29, 0.717) is 36.0 Å². The van der Waals surface area contributed by atoms with Crippen molar-refractivity contribution in [2.75, 3.05) is 29.5 Å². The molecule has 28 heavy (non-hydrogen) atoms. The maximum atomic E-state index is 11.7. The lowest BCUT2D eigenvalue weighted by atomic mass is 10.1. The number of rotatable bonds is 8. The predicted molar refractivity (Wildman–Crippen MR) is 111 cm³/mol. The molecule has 4 N–H and O–H groups in total. The number of esters is 1. The van der Waals surface area contributed by atoms with Crippen molar-refractivity contribution in [2.45, 2.75) is 13.3 Å². The van der Waals surface area contributed by atoms with E-state index in [1.807, 2.05) is 18.2 Å². The zero-order valence-electron chi connectivity index (χ0n) is 15.7. The Morgan fingerprint density at radius 1 is 1.04 bits per heavy atom. The summed E-state index contributed by atoms with van der Waals surface area (Å²) in [6.07, 6.45) is 2.32. The third-order valence-corrected chi connectivity index (χ3v) is 4.09. The standard InChI is InChI=1S/C21H23N5O2/c1-2-28-21(27)16-8-10-17(11-9-16)26-20-18(22)19(24-14-25-20)23-13-12-15-6-4-3-5-7-15/h3-11,14H,2,12-13,22H2,1H3,(H2,23,24,25,26). The number of anilines is 4. The van der Waals surface area contributed by atoms with Crippen LogP contribution in [0.25, 0.3) is 0 Å². The van der Waals surface area contributed by atoms with Crippen molar-refractivity contribution in [1.29, 1.82) is 0 Å². The molecule has 0 radical (unpaired) electrons. The van der Waals surface area contributed by atoms with E-state index in [1.165, 1.54) is 11.9 Å². The van der Waals surface area contributed by atoms with Gasteiger partial charge in [0, 0.05) is 12.2 Å². The molecule has 0 fully saturated rings. The number of nitrogen functional groups attached to an aromatic ring is 1. The summed E-state index contributed by atoms with van der Waals surface area (Å²) in [4.78, 5) is 20.2. The summed E-state index contributed by atoms with van der Waals surface area (Å²) < 4.78 is 4.98. The van der Waals surface area contributed by atoms with Crippen LogP contribution < -0.4 is 16.4 Å². The normalized spacial score (nSPS) is 10.3. The highest BCUT2D eigenvalue weighted by atomic mass is 16.5. The summed E-state index contributed by atoms with van der Waals surface area (Å²) in [6, 6.07) is 17.1. The number of nitrogens with one attached hydrogen (secondary N) is 2. The molecule has 1 aromatic heterocycles. The molecule has 0 atom stereocenters. The molecule has 0 aliphatic heterocycles. The van der Waals surface area contributed by atoms with Crippen LogP contribution >= 0.6 is 0 Å². The summed E-state index contributed by atoms with van der Waals surface area (Å²) >= 11 is 0. The Kier molecular flexibility index (Phi) is 6.41. The van der Waals surface area contributed by atoms with Gasteiger partial charge in [0.25, 0.3) is 0 Å². The first-order valence-electron chi connectivity index (χ1n) is 9.10. The molecule has 2 aromatic carbocycles. The van der Waals surface area contributed by atoms with E-state index in [2.05, 4.69) is 32.7 Å². The van der Waals surface area contributed by atoms with E-state index in [-0.39, 0.29) is 5.97 Å². The second-order valence-electron chi connectivity index (χ2n) is 6.07. The summed E-state index contributed by atoms with van der Waals surface area (Å²) in [5.41, 5.74) is 9.13. The molecule has 0 aliphatic carbocycles. The van der Waals surface area contributed by atoms with Gasteiger partial charge in [0.1, 0.15) is 12.0 Å². The average molecular weight is 377 g/mol. The third kappa shape index (κ3) is 4.97. The van der Waals surface area contributed by atoms with E-state index in [4.69, 9.17) is 10.5 Å². The van der Waals surface area contributed by atoms with Gasteiger partial charge < -0.3 is 21.1 Å². The summed E-state index contributed by atoms with van der Waals surface area (Å²) in [7, 11) is 0. The predicted octanol–water partition coefficient (Wildman–Crippen LogP) is 3.63. The molecular formula is C21H23N5O2. The quantitative estimate of drug-likeness (QED) is 0.515. The Balaban J connectivity index is 1.63. The second kappa shape index (κ2) is 9.36.